The van der Waals surface area contributed by atoms with Crippen molar-refractivity contribution in [2.75, 3.05) is 26.8 Å². The summed E-state index contributed by atoms with van der Waals surface area (Å²) in [6.07, 6.45) is 0.168. The van der Waals surface area contributed by atoms with Crippen molar-refractivity contribution < 1.29 is 23.4 Å². The molecule has 21 heavy (non-hydrogen) atoms. The van der Waals surface area contributed by atoms with Gasteiger partial charge in [-0.2, -0.15) is 9.57 Å². The van der Waals surface area contributed by atoms with Crippen molar-refractivity contribution in [3.05, 3.63) is 23.8 Å². The molecule has 0 unspecified atom stereocenters. The number of β-amino-alcohol motifs (C(OH)–C–C–N with tert-alkyl or cyclic N) is 1. The number of hydrogen-bond acceptors (Lipinski definition) is 6. The van der Waals surface area contributed by atoms with E-state index in [4.69, 9.17) is 15.1 Å². The molecule has 1 aromatic carbocycles. The highest BCUT2D eigenvalue weighted by molar-refractivity contribution is 7.89. The summed E-state index contributed by atoms with van der Waals surface area (Å²) < 4.78 is 31.3. The first kappa shape index (κ1) is 15.7. The Morgan fingerprint density at radius 2 is 2.24 bits per heavy atom. The fourth-order valence-electron chi connectivity index (χ4n) is 2.24. The maximum absolute atomic E-state index is 12.6. The first-order chi connectivity index (χ1) is 9.86. The number of aliphatic hydroxyl groups is 2. The standard InChI is InChI=1S/C13H16N2O5S/c1-20-11-6-10(7-14)2-3-12(11)21(18,19)15-5-4-13(17,8-15)9-16/h2-3,6,16-17H,4-5,8-9H2,1H3/t13-/m1/s1. The molecule has 8 heteroatoms. The number of ether oxygens (including phenoxy) is 1. The number of benzene rings is 1. The Balaban J connectivity index is 2.40. The normalized spacial score (nSPS) is 23.0. The number of hydrogen-bond donors (Lipinski definition) is 2. The van der Waals surface area contributed by atoms with Crippen LogP contribution in [0.5, 0.6) is 5.75 Å². The number of rotatable bonds is 4. The van der Waals surface area contributed by atoms with Gasteiger partial charge in [0.25, 0.3) is 0 Å². The molecule has 1 heterocycles. The van der Waals surface area contributed by atoms with Crippen LogP contribution in [0.3, 0.4) is 0 Å². The van der Waals surface area contributed by atoms with Crippen LogP contribution in [0.25, 0.3) is 0 Å². The summed E-state index contributed by atoms with van der Waals surface area (Å²) in [5, 5.41) is 27.9. The molecule has 1 aromatic rings. The van der Waals surface area contributed by atoms with Crippen molar-refractivity contribution in [2.45, 2.75) is 16.9 Å². The zero-order chi connectivity index (χ0) is 15.7. The molecule has 0 bridgehead atoms. The van der Waals surface area contributed by atoms with E-state index in [1.54, 1.807) is 0 Å². The second-order valence-electron chi connectivity index (χ2n) is 4.95. The Hall–Kier alpha value is -1.66. The summed E-state index contributed by atoms with van der Waals surface area (Å²) in [5.74, 6) is 0.0773. The molecule has 0 radical (unpaired) electrons. The molecule has 1 saturated heterocycles. The molecule has 1 aliphatic heterocycles. The van der Waals surface area contributed by atoms with Crippen molar-refractivity contribution in [1.82, 2.24) is 4.31 Å². The van der Waals surface area contributed by atoms with Crippen LogP contribution in [0, 0.1) is 11.3 Å². The third-order valence-corrected chi connectivity index (χ3v) is 5.39. The fraction of sp³-hybridized carbons (Fsp3) is 0.462. The zero-order valence-electron chi connectivity index (χ0n) is 11.5. The molecule has 0 spiro atoms. The highest BCUT2D eigenvalue weighted by Gasteiger charge is 2.42. The summed E-state index contributed by atoms with van der Waals surface area (Å²) >= 11 is 0. The second kappa shape index (κ2) is 5.61. The van der Waals surface area contributed by atoms with Crippen molar-refractivity contribution in [3.8, 4) is 11.8 Å². The number of aliphatic hydroxyl groups excluding tert-OH is 1. The van der Waals surface area contributed by atoms with Gasteiger partial charge in [-0.15, -0.1) is 0 Å². The van der Waals surface area contributed by atoms with Gasteiger partial charge < -0.3 is 14.9 Å². The van der Waals surface area contributed by atoms with E-state index in [0.29, 0.717) is 5.56 Å². The summed E-state index contributed by atoms with van der Waals surface area (Å²) in [6, 6.07) is 5.96. The Morgan fingerprint density at radius 1 is 1.52 bits per heavy atom. The molecule has 2 rings (SSSR count). The van der Waals surface area contributed by atoms with Gasteiger partial charge in [-0.1, -0.05) is 0 Å². The van der Waals surface area contributed by atoms with Crippen LogP contribution < -0.4 is 4.74 Å². The predicted molar refractivity (Wildman–Crippen MR) is 73.1 cm³/mol. The molecule has 1 aliphatic rings. The number of nitrogens with zero attached hydrogens (tertiary/aromatic N) is 2. The van der Waals surface area contributed by atoms with E-state index in [9.17, 15) is 13.5 Å². The van der Waals surface area contributed by atoms with E-state index in [1.807, 2.05) is 6.07 Å². The van der Waals surface area contributed by atoms with Gasteiger partial charge >= 0.3 is 0 Å². The lowest BCUT2D eigenvalue weighted by Crippen LogP contribution is -2.38. The van der Waals surface area contributed by atoms with E-state index in [0.717, 1.165) is 4.31 Å². The maximum atomic E-state index is 12.6. The minimum Gasteiger partial charge on any atom is -0.495 e. The number of nitriles is 1. The summed E-state index contributed by atoms with van der Waals surface area (Å²) in [6.45, 7) is -0.555. The van der Waals surface area contributed by atoms with Gasteiger partial charge in [0.05, 0.1) is 25.3 Å². The first-order valence-electron chi connectivity index (χ1n) is 6.28. The third-order valence-electron chi connectivity index (χ3n) is 3.50. The minimum absolute atomic E-state index is 0.0637. The molecule has 114 valence electrons. The van der Waals surface area contributed by atoms with Gasteiger partial charge in [0.2, 0.25) is 10.0 Å². The predicted octanol–water partition coefficient (Wildman–Crippen LogP) is -0.315. The van der Waals surface area contributed by atoms with Crippen molar-refractivity contribution in [2.24, 2.45) is 0 Å². The van der Waals surface area contributed by atoms with Crippen molar-refractivity contribution >= 4 is 10.0 Å². The Labute approximate surface area is 123 Å². The number of sulfonamides is 1. The van der Waals surface area contributed by atoms with Crippen molar-refractivity contribution in [1.29, 1.82) is 5.26 Å². The van der Waals surface area contributed by atoms with E-state index < -0.39 is 22.2 Å². The molecule has 0 amide bonds. The quantitative estimate of drug-likeness (QED) is 0.788. The lowest BCUT2D eigenvalue weighted by atomic mass is 10.1. The van der Waals surface area contributed by atoms with Crippen LogP contribution in [0.15, 0.2) is 23.1 Å². The van der Waals surface area contributed by atoms with Crippen LogP contribution in [-0.4, -0.2) is 55.3 Å². The third kappa shape index (κ3) is 2.87. The minimum atomic E-state index is -3.86. The first-order valence-corrected chi connectivity index (χ1v) is 7.72. The van der Waals surface area contributed by atoms with Gasteiger partial charge in [-0.3, -0.25) is 0 Å². The molecule has 0 saturated carbocycles. The van der Waals surface area contributed by atoms with Crippen molar-refractivity contribution in [3.63, 3.8) is 0 Å². The van der Waals surface area contributed by atoms with Crippen LogP contribution >= 0.6 is 0 Å². The summed E-state index contributed by atoms with van der Waals surface area (Å²) in [5.41, 5.74) is -1.12. The molecule has 1 atom stereocenters. The lowest BCUT2D eigenvalue weighted by molar-refractivity contribution is -0.000740. The Bertz CT molecular complexity index is 682. The van der Waals surface area contributed by atoms with E-state index >= 15 is 0 Å². The Kier molecular flexibility index (Phi) is 4.20. The average Bonchev–Trinajstić information content (AvgIpc) is 2.90. The van der Waals surface area contributed by atoms with E-state index in [1.165, 1.54) is 25.3 Å². The number of methoxy groups -OCH3 is 1. The van der Waals surface area contributed by atoms with Crippen LogP contribution in [0.1, 0.15) is 12.0 Å². The van der Waals surface area contributed by atoms with Crippen LogP contribution in [0.2, 0.25) is 0 Å². The topological polar surface area (TPSA) is 111 Å². The maximum Gasteiger partial charge on any atom is 0.246 e. The molecule has 0 aromatic heterocycles. The highest BCUT2D eigenvalue weighted by atomic mass is 32.2. The fourth-order valence-corrected chi connectivity index (χ4v) is 3.90. The van der Waals surface area contributed by atoms with Gasteiger partial charge in [-0.05, 0) is 24.6 Å². The van der Waals surface area contributed by atoms with Gasteiger partial charge in [0.15, 0.2) is 0 Å². The SMILES string of the molecule is COc1cc(C#N)ccc1S(=O)(=O)N1CC[C@](O)(CO)C1. The molecular formula is C13H16N2O5S. The van der Waals surface area contributed by atoms with Gasteiger partial charge in [-0.25, -0.2) is 8.42 Å². The molecular weight excluding hydrogens is 296 g/mol. The molecule has 1 fully saturated rings. The van der Waals surface area contributed by atoms with E-state index in [2.05, 4.69) is 0 Å². The molecule has 7 nitrogen and oxygen atoms in total. The van der Waals surface area contributed by atoms with Gasteiger partial charge in [0, 0.05) is 13.1 Å². The zero-order valence-corrected chi connectivity index (χ0v) is 12.3. The monoisotopic (exact) mass is 312 g/mol. The van der Waals surface area contributed by atoms with Crippen LogP contribution in [-0.2, 0) is 10.0 Å². The van der Waals surface area contributed by atoms with Gasteiger partial charge in [0.1, 0.15) is 16.2 Å². The van der Waals surface area contributed by atoms with Crippen LogP contribution in [0.4, 0.5) is 0 Å². The average molecular weight is 312 g/mol. The summed E-state index contributed by atoms with van der Waals surface area (Å²) in [7, 11) is -2.54. The largest absolute Gasteiger partial charge is 0.495 e. The Morgan fingerprint density at radius 3 is 2.76 bits per heavy atom. The van der Waals surface area contributed by atoms with E-state index in [-0.39, 0.29) is 30.2 Å². The lowest BCUT2D eigenvalue weighted by Gasteiger charge is -2.21. The molecule has 0 aliphatic carbocycles. The highest BCUT2D eigenvalue weighted by Crippen LogP contribution is 2.32. The summed E-state index contributed by atoms with van der Waals surface area (Å²) in [4.78, 5) is -0.0637. The second-order valence-corrected chi connectivity index (χ2v) is 6.85. The smallest absolute Gasteiger partial charge is 0.246 e. The molecule has 2 N–H and O–H groups in total.